The molecule has 2 atom stereocenters. The maximum Gasteiger partial charge on any atom is 0.0768 e. The largest absolute Gasteiger partial charge is 0.389 e. The second-order valence-electron chi connectivity index (χ2n) is 5.91. The van der Waals surface area contributed by atoms with Crippen molar-refractivity contribution in [1.82, 2.24) is 15.5 Å². The summed E-state index contributed by atoms with van der Waals surface area (Å²) >= 11 is 0. The predicted octanol–water partition coefficient (Wildman–Crippen LogP) is 2.96. The fourth-order valence-corrected chi connectivity index (χ4v) is 2.36. The Morgan fingerprint density at radius 1 is 1.33 bits per heavy atom. The zero-order valence-corrected chi connectivity index (χ0v) is 13.1. The molecule has 4 nitrogen and oxygen atoms in total. The molecule has 114 valence electrons. The van der Waals surface area contributed by atoms with Crippen molar-refractivity contribution >= 4 is 0 Å². The summed E-state index contributed by atoms with van der Waals surface area (Å²) in [6, 6.07) is 10.2. The number of hydrogen-bond acceptors (Lipinski definition) is 3. The first-order valence-corrected chi connectivity index (χ1v) is 7.55. The Kier molecular flexibility index (Phi) is 5.15. The number of aromatic nitrogens is 2. The van der Waals surface area contributed by atoms with E-state index in [4.69, 9.17) is 0 Å². The average molecular weight is 287 g/mol. The van der Waals surface area contributed by atoms with Gasteiger partial charge in [0.05, 0.1) is 17.5 Å². The highest BCUT2D eigenvalue weighted by Crippen LogP contribution is 2.22. The summed E-state index contributed by atoms with van der Waals surface area (Å²) in [4.78, 5) is 0. The molecule has 0 radical (unpaired) electrons. The minimum absolute atomic E-state index is 0.267. The van der Waals surface area contributed by atoms with Gasteiger partial charge in [0, 0.05) is 18.7 Å². The number of aliphatic hydroxyl groups is 1. The van der Waals surface area contributed by atoms with Crippen LogP contribution in [-0.4, -0.2) is 27.4 Å². The van der Waals surface area contributed by atoms with Gasteiger partial charge in [-0.2, -0.15) is 5.10 Å². The Labute approximate surface area is 126 Å². The second kappa shape index (κ2) is 6.87. The summed E-state index contributed by atoms with van der Waals surface area (Å²) in [6.07, 6.45) is 2.81. The molecule has 0 saturated heterocycles. The molecule has 0 fully saturated rings. The van der Waals surface area contributed by atoms with Crippen LogP contribution in [0.1, 0.15) is 32.8 Å². The van der Waals surface area contributed by atoms with Crippen LogP contribution in [0, 0.1) is 5.92 Å². The van der Waals surface area contributed by atoms with Crippen molar-refractivity contribution in [2.45, 2.75) is 39.3 Å². The van der Waals surface area contributed by atoms with Gasteiger partial charge in [0.15, 0.2) is 0 Å². The lowest BCUT2D eigenvalue weighted by Gasteiger charge is -2.30. The summed E-state index contributed by atoms with van der Waals surface area (Å²) < 4.78 is 0. The molecule has 4 heteroatoms. The van der Waals surface area contributed by atoms with Crippen molar-refractivity contribution in [3.8, 4) is 11.3 Å². The zero-order chi connectivity index (χ0) is 15.3. The quantitative estimate of drug-likeness (QED) is 0.733. The normalized spacial score (nSPS) is 15.6. The van der Waals surface area contributed by atoms with E-state index in [0.717, 1.165) is 23.2 Å². The summed E-state index contributed by atoms with van der Waals surface area (Å²) in [5, 5.41) is 20.9. The molecule has 1 aromatic carbocycles. The predicted molar refractivity (Wildman–Crippen MR) is 85.8 cm³/mol. The molecule has 2 rings (SSSR count). The molecular formula is C17H25N3O. The first kappa shape index (κ1) is 15.7. The van der Waals surface area contributed by atoms with Crippen LogP contribution in [0.25, 0.3) is 11.3 Å². The highest BCUT2D eigenvalue weighted by molar-refractivity contribution is 5.62. The van der Waals surface area contributed by atoms with Gasteiger partial charge in [0.2, 0.25) is 0 Å². The molecule has 21 heavy (non-hydrogen) atoms. The lowest BCUT2D eigenvalue weighted by Crippen LogP contribution is -2.42. The fourth-order valence-electron chi connectivity index (χ4n) is 2.36. The van der Waals surface area contributed by atoms with E-state index >= 15 is 0 Å². The van der Waals surface area contributed by atoms with Crippen molar-refractivity contribution < 1.29 is 5.11 Å². The van der Waals surface area contributed by atoms with Gasteiger partial charge in [0.1, 0.15) is 0 Å². The van der Waals surface area contributed by atoms with Crippen LogP contribution in [0.3, 0.4) is 0 Å². The first-order chi connectivity index (χ1) is 10.0. The van der Waals surface area contributed by atoms with Crippen molar-refractivity contribution in [3.63, 3.8) is 0 Å². The Hall–Kier alpha value is -1.65. The van der Waals surface area contributed by atoms with Crippen LogP contribution in [0.4, 0.5) is 0 Å². The van der Waals surface area contributed by atoms with Crippen LogP contribution < -0.4 is 5.32 Å². The number of H-pyrrole nitrogens is 1. The molecule has 0 bridgehead atoms. The van der Waals surface area contributed by atoms with Gasteiger partial charge in [0.25, 0.3) is 0 Å². The molecule has 0 aliphatic heterocycles. The van der Waals surface area contributed by atoms with E-state index in [-0.39, 0.29) is 5.92 Å². The molecular weight excluding hydrogens is 262 g/mol. The van der Waals surface area contributed by atoms with Crippen LogP contribution in [0.5, 0.6) is 0 Å². The highest BCUT2D eigenvalue weighted by atomic mass is 16.3. The third-order valence-electron chi connectivity index (χ3n) is 4.25. The van der Waals surface area contributed by atoms with Crippen molar-refractivity contribution in [2.24, 2.45) is 5.92 Å². The highest BCUT2D eigenvalue weighted by Gasteiger charge is 2.26. The third-order valence-corrected chi connectivity index (χ3v) is 4.25. The number of nitrogens with one attached hydrogen (secondary N) is 2. The Bertz CT molecular complexity index is 548. The lowest BCUT2D eigenvalue weighted by atomic mass is 9.88. The molecule has 0 aliphatic carbocycles. The lowest BCUT2D eigenvalue weighted by molar-refractivity contribution is 0.00535. The number of rotatable bonds is 7. The van der Waals surface area contributed by atoms with Crippen LogP contribution >= 0.6 is 0 Å². The Morgan fingerprint density at radius 3 is 2.71 bits per heavy atom. The Morgan fingerprint density at radius 2 is 2.05 bits per heavy atom. The third kappa shape index (κ3) is 3.93. The van der Waals surface area contributed by atoms with Crippen LogP contribution in [-0.2, 0) is 6.54 Å². The number of aromatic amines is 1. The van der Waals surface area contributed by atoms with Crippen LogP contribution in [0.15, 0.2) is 36.5 Å². The zero-order valence-electron chi connectivity index (χ0n) is 13.1. The second-order valence-corrected chi connectivity index (χ2v) is 5.91. The van der Waals surface area contributed by atoms with Gasteiger partial charge in [-0.3, -0.25) is 5.10 Å². The topological polar surface area (TPSA) is 60.9 Å². The van der Waals surface area contributed by atoms with Gasteiger partial charge in [-0.25, -0.2) is 0 Å². The van der Waals surface area contributed by atoms with Gasteiger partial charge in [-0.05, 0) is 18.4 Å². The molecule has 0 amide bonds. The SMILES string of the molecule is CCC(C)C(C)(O)CNCc1cn[nH]c1-c1ccccc1. The van der Waals surface area contributed by atoms with E-state index in [9.17, 15) is 5.11 Å². The summed E-state index contributed by atoms with van der Waals surface area (Å²) in [6.45, 7) is 7.33. The van der Waals surface area contributed by atoms with E-state index in [1.54, 1.807) is 0 Å². The van der Waals surface area contributed by atoms with E-state index in [1.165, 1.54) is 0 Å². The minimum atomic E-state index is -0.689. The van der Waals surface area contributed by atoms with E-state index in [0.29, 0.717) is 13.1 Å². The molecule has 2 aromatic rings. The van der Waals surface area contributed by atoms with Gasteiger partial charge < -0.3 is 10.4 Å². The van der Waals surface area contributed by atoms with Gasteiger partial charge in [-0.1, -0.05) is 50.6 Å². The fraction of sp³-hybridized carbons (Fsp3) is 0.471. The van der Waals surface area contributed by atoms with E-state index in [2.05, 4.69) is 41.5 Å². The molecule has 0 spiro atoms. The monoisotopic (exact) mass is 287 g/mol. The molecule has 0 aliphatic rings. The molecule has 1 aromatic heterocycles. The smallest absolute Gasteiger partial charge is 0.0768 e. The number of nitrogens with zero attached hydrogens (tertiary/aromatic N) is 1. The van der Waals surface area contributed by atoms with Crippen molar-refractivity contribution in [3.05, 3.63) is 42.1 Å². The standard InChI is InChI=1S/C17H25N3O/c1-4-13(2)17(3,21)12-18-10-15-11-19-20-16(15)14-8-6-5-7-9-14/h5-9,11,13,18,21H,4,10,12H2,1-3H3,(H,19,20). The van der Waals surface area contributed by atoms with Crippen molar-refractivity contribution in [1.29, 1.82) is 0 Å². The number of benzene rings is 1. The summed E-state index contributed by atoms with van der Waals surface area (Å²) in [7, 11) is 0. The minimum Gasteiger partial charge on any atom is -0.389 e. The first-order valence-electron chi connectivity index (χ1n) is 7.55. The summed E-state index contributed by atoms with van der Waals surface area (Å²) in [5.41, 5.74) is 2.58. The summed E-state index contributed by atoms with van der Waals surface area (Å²) in [5.74, 6) is 0.267. The average Bonchev–Trinajstić information content (AvgIpc) is 2.95. The van der Waals surface area contributed by atoms with Gasteiger partial charge in [-0.15, -0.1) is 0 Å². The van der Waals surface area contributed by atoms with Crippen LogP contribution in [0.2, 0.25) is 0 Å². The maximum absolute atomic E-state index is 10.4. The van der Waals surface area contributed by atoms with E-state index < -0.39 is 5.60 Å². The van der Waals surface area contributed by atoms with Gasteiger partial charge >= 0.3 is 0 Å². The van der Waals surface area contributed by atoms with E-state index in [1.807, 2.05) is 31.3 Å². The Balaban J connectivity index is 1.98. The maximum atomic E-state index is 10.4. The molecule has 2 unspecified atom stereocenters. The molecule has 3 N–H and O–H groups in total. The molecule has 1 heterocycles. The number of hydrogen-bond donors (Lipinski definition) is 3. The molecule has 0 saturated carbocycles. The van der Waals surface area contributed by atoms with Crippen molar-refractivity contribution in [2.75, 3.05) is 6.54 Å².